The number of ether oxygens (including phenoxy) is 2. The van der Waals surface area contributed by atoms with Gasteiger partial charge in [0.2, 0.25) is 0 Å². The normalized spacial score (nSPS) is 10.8. The van der Waals surface area contributed by atoms with Crippen LogP contribution >= 0.6 is 38.5 Å². The lowest BCUT2D eigenvalue weighted by molar-refractivity contribution is 0.0954. The van der Waals surface area contributed by atoms with Crippen molar-refractivity contribution in [3.8, 4) is 11.5 Å². The summed E-state index contributed by atoms with van der Waals surface area (Å²) in [4.78, 5) is 12.2. The minimum atomic E-state index is -0.291. The second kappa shape index (κ2) is 11.1. The van der Waals surface area contributed by atoms with E-state index in [2.05, 4.69) is 49.0 Å². The van der Waals surface area contributed by atoms with Crippen molar-refractivity contribution in [1.82, 2.24) is 5.43 Å². The Balaban J connectivity index is 1.66. The van der Waals surface area contributed by atoms with E-state index in [1.54, 1.807) is 18.3 Å². The highest BCUT2D eigenvalue weighted by atomic mass is 127. The van der Waals surface area contributed by atoms with Crippen LogP contribution in [0.4, 0.5) is 0 Å². The molecule has 0 radical (unpaired) electrons. The predicted octanol–water partition coefficient (Wildman–Crippen LogP) is 5.80. The SMILES string of the molecule is CCOc1cc(/C=N\NC(=O)c2ccccc2Br)ccc1OCc1ccc(I)cc1. The second-order valence-corrected chi connectivity index (χ2v) is 8.33. The molecular formula is C23H20BrIN2O3. The van der Waals surface area contributed by atoms with E-state index in [-0.39, 0.29) is 5.91 Å². The number of hydrazone groups is 1. The van der Waals surface area contributed by atoms with Crippen LogP contribution in [0.2, 0.25) is 0 Å². The fourth-order valence-corrected chi connectivity index (χ4v) is 3.43. The van der Waals surface area contributed by atoms with Crippen molar-refractivity contribution in [2.24, 2.45) is 5.10 Å². The first-order valence-corrected chi connectivity index (χ1v) is 11.2. The topological polar surface area (TPSA) is 59.9 Å². The number of halogens is 2. The van der Waals surface area contributed by atoms with Crippen LogP contribution in [0.5, 0.6) is 11.5 Å². The third kappa shape index (κ3) is 6.30. The molecule has 5 nitrogen and oxygen atoms in total. The maximum Gasteiger partial charge on any atom is 0.272 e. The predicted molar refractivity (Wildman–Crippen MR) is 130 cm³/mol. The first kappa shape index (κ1) is 22.3. The van der Waals surface area contributed by atoms with Gasteiger partial charge in [0.05, 0.1) is 18.4 Å². The molecule has 0 aromatic heterocycles. The maximum absolute atomic E-state index is 12.2. The average molecular weight is 579 g/mol. The summed E-state index contributed by atoms with van der Waals surface area (Å²) in [5, 5.41) is 4.05. The van der Waals surface area contributed by atoms with Crippen LogP contribution in [0.25, 0.3) is 0 Å². The van der Waals surface area contributed by atoms with Gasteiger partial charge in [0.25, 0.3) is 5.91 Å². The van der Waals surface area contributed by atoms with Crippen molar-refractivity contribution < 1.29 is 14.3 Å². The molecule has 7 heteroatoms. The van der Waals surface area contributed by atoms with Gasteiger partial charge in [-0.05, 0) is 99.0 Å². The number of benzene rings is 3. The summed E-state index contributed by atoms with van der Waals surface area (Å²) in [6.07, 6.45) is 1.57. The Bertz CT molecular complexity index is 1040. The summed E-state index contributed by atoms with van der Waals surface area (Å²) in [7, 11) is 0. The summed E-state index contributed by atoms with van der Waals surface area (Å²) in [6.45, 7) is 2.88. The Morgan fingerprint density at radius 3 is 2.57 bits per heavy atom. The number of carbonyl (C=O) groups excluding carboxylic acids is 1. The summed E-state index contributed by atoms with van der Waals surface area (Å²) >= 11 is 5.63. The number of nitrogens with zero attached hydrogens (tertiary/aromatic N) is 1. The van der Waals surface area contributed by atoms with E-state index in [9.17, 15) is 4.79 Å². The number of nitrogens with one attached hydrogen (secondary N) is 1. The summed E-state index contributed by atoms with van der Waals surface area (Å²) < 4.78 is 13.5. The molecular weight excluding hydrogens is 559 g/mol. The highest BCUT2D eigenvalue weighted by Crippen LogP contribution is 2.29. The fourth-order valence-electron chi connectivity index (χ4n) is 2.61. The van der Waals surface area contributed by atoms with Gasteiger partial charge in [0, 0.05) is 8.04 Å². The van der Waals surface area contributed by atoms with Gasteiger partial charge >= 0.3 is 0 Å². The van der Waals surface area contributed by atoms with Crippen LogP contribution < -0.4 is 14.9 Å². The monoisotopic (exact) mass is 578 g/mol. The van der Waals surface area contributed by atoms with Crippen molar-refractivity contribution in [3.63, 3.8) is 0 Å². The molecule has 0 saturated heterocycles. The largest absolute Gasteiger partial charge is 0.490 e. The van der Waals surface area contributed by atoms with Crippen molar-refractivity contribution >= 4 is 50.6 Å². The molecule has 0 heterocycles. The summed E-state index contributed by atoms with van der Waals surface area (Å²) in [5.41, 5.74) is 4.92. The van der Waals surface area contributed by atoms with Gasteiger partial charge in [-0.3, -0.25) is 4.79 Å². The minimum Gasteiger partial charge on any atom is -0.490 e. The third-order valence-corrected chi connectivity index (χ3v) is 5.48. The molecule has 0 fully saturated rings. The smallest absolute Gasteiger partial charge is 0.272 e. The van der Waals surface area contributed by atoms with Crippen LogP contribution in [0.3, 0.4) is 0 Å². The number of hydrogen-bond donors (Lipinski definition) is 1. The number of amides is 1. The zero-order chi connectivity index (χ0) is 21.3. The van der Waals surface area contributed by atoms with Gasteiger partial charge in [-0.25, -0.2) is 5.43 Å². The molecule has 1 amide bonds. The molecule has 154 valence electrons. The van der Waals surface area contributed by atoms with E-state index < -0.39 is 0 Å². The van der Waals surface area contributed by atoms with Crippen LogP contribution in [-0.2, 0) is 6.61 Å². The van der Waals surface area contributed by atoms with Crippen molar-refractivity contribution in [2.45, 2.75) is 13.5 Å². The van der Waals surface area contributed by atoms with Gasteiger partial charge in [-0.2, -0.15) is 5.10 Å². The van der Waals surface area contributed by atoms with Crippen molar-refractivity contribution in [2.75, 3.05) is 6.61 Å². The van der Waals surface area contributed by atoms with Crippen LogP contribution in [0, 0.1) is 3.57 Å². The fraction of sp³-hybridized carbons (Fsp3) is 0.130. The van der Waals surface area contributed by atoms with Crippen LogP contribution in [0.1, 0.15) is 28.4 Å². The molecule has 3 aromatic carbocycles. The molecule has 0 aliphatic carbocycles. The lowest BCUT2D eigenvalue weighted by Gasteiger charge is -2.12. The Labute approximate surface area is 197 Å². The minimum absolute atomic E-state index is 0.291. The van der Waals surface area contributed by atoms with Crippen LogP contribution in [-0.4, -0.2) is 18.7 Å². The van der Waals surface area contributed by atoms with E-state index in [1.165, 1.54) is 3.57 Å². The molecule has 0 atom stereocenters. The van der Waals surface area contributed by atoms with E-state index in [4.69, 9.17) is 9.47 Å². The maximum atomic E-state index is 12.2. The molecule has 30 heavy (non-hydrogen) atoms. The molecule has 3 rings (SSSR count). The number of carbonyl (C=O) groups is 1. The van der Waals surface area contributed by atoms with E-state index in [0.717, 1.165) is 11.1 Å². The Morgan fingerprint density at radius 2 is 1.83 bits per heavy atom. The summed E-state index contributed by atoms with van der Waals surface area (Å²) in [6, 6.07) is 20.9. The molecule has 0 spiro atoms. The molecule has 3 aromatic rings. The lowest BCUT2D eigenvalue weighted by atomic mass is 10.2. The number of hydrogen-bond acceptors (Lipinski definition) is 4. The zero-order valence-electron chi connectivity index (χ0n) is 16.3. The highest BCUT2D eigenvalue weighted by molar-refractivity contribution is 14.1. The van der Waals surface area contributed by atoms with Crippen molar-refractivity contribution in [1.29, 1.82) is 0 Å². The van der Waals surface area contributed by atoms with Gasteiger partial charge in [0.1, 0.15) is 6.61 Å². The zero-order valence-corrected chi connectivity index (χ0v) is 20.0. The van der Waals surface area contributed by atoms with Crippen LogP contribution in [0.15, 0.2) is 76.3 Å². The average Bonchev–Trinajstić information content (AvgIpc) is 2.75. The molecule has 0 aliphatic rings. The van der Waals surface area contributed by atoms with E-state index >= 15 is 0 Å². The highest BCUT2D eigenvalue weighted by Gasteiger charge is 2.09. The van der Waals surface area contributed by atoms with E-state index in [0.29, 0.717) is 34.7 Å². The third-order valence-electron chi connectivity index (χ3n) is 4.07. The molecule has 0 bridgehead atoms. The van der Waals surface area contributed by atoms with Gasteiger partial charge < -0.3 is 9.47 Å². The Hall–Kier alpha value is -2.39. The van der Waals surface area contributed by atoms with Gasteiger partial charge in [-0.1, -0.05) is 24.3 Å². The first-order valence-electron chi connectivity index (χ1n) is 9.29. The summed E-state index contributed by atoms with van der Waals surface area (Å²) in [5.74, 6) is 0.995. The molecule has 0 aliphatic heterocycles. The number of rotatable bonds is 8. The Morgan fingerprint density at radius 1 is 1.07 bits per heavy atom. The molecule has 0 saturated carbocycles. The van der Waals surface area contributed by atoms with Gasteiger partial charge in [-0.15, -0.1) is 0 Å². The quantitative estimate of drug-likeness (QED) is 0.209. The Kier molecular flexibility index (Phi) is 8.27. The van der Waals surface area contributed by atoms with E-state index in [1.807, 2.05) is 61.5 Å². The first-order chi connectivity index (χ1) is 14.6. The van der Waals surface area contributed by atoms with Crippen molar-refractivity contribution in [3.05, 3.63) is 91.5 Å². The standard InChI is InChI=1S/C23H20BrIN2O3/c1-2-29-22-13-17(14-26-27-23(28)19-5-3-4-6-20(19)24)9-12-21(22)30-15-16-7-10-18(25)11-8-16/h3-14H,2,15H2,1H3,(H,27,28)/b26-14-. The molecule has 0 unspecified atom stereocenters. The second-order valence-electron chi connectivity index (χ2n) is 6.23. The lowest BCUT2D eigenvalue weighted by Crippen LogP contribution is -2.18. The van der Waals surface area contributed by atoms with Gasteiger partial charge in [0.15, 0.2) is 11.5 Å². The molecule has 1 N–H and O–H groups in total.